The smallest absolute Gasteiger partial charge is 0.136 e. The van der Waals surface area contributed by atoms with E-state index in [1.54, 1.807) is 7.11 Å². The standard InChI is InChI=1S/C11H14BrN3O/c1-16-5-4-13-6-10-7-14-11-3-2-9(12)8-15(10)11/h2-3,7-8,13H,4-6H2,1H3. The highest BCUT2D eigenvalue weighted by Crippen LogP contribution is 2.13. The number of aromatic nitrogens is 2. The molecule has 2 rings (SSSR count). The first-order valence-corrected chi connectivity index (χ1v) is 5.91. The lowest BCUT2D eigenvalue weighted by Gasteiger charge is -2.04. The lowest BCUT2D eigenvalue weighted by molar-refractivity contribution is 0.199. The van der Waals surface area contributed by atoms with Crippen LogP contribution in [0.25, 0.3) is 5.65 Å². The second-order valence-corrected chi connectivity index (χ2v) is 4.41. The van der Waals surface area contributed by atoms with Gasteiger partial charge in [0, 0.05) is 30.9 Å². The summed E-state index contributed by atoms with van der Waals surface area (Å²) in [5, 5.41) is 3.30. The number of hydrogen-bond donors (Lipinski definition) is 1. The lowest BCUT2D eigenvalue weighted by Crippen LogP contribution is -2.19. The monoisotopic (exact) mass is 283 g/mol. The number of halogens is 1. The molecular formula is C11H14BrN3O. The molecule has 4 nitrogen and oxygen atoms in total. The predicted molar refractivity (Wildman–Crippen MR) is 66.5 cm³/mol. The van der Waals surface area contributed by atoms with Gasteiger partial charge >= 0.3 is 0 Å². The molecule has 0 unspecified atom stereocenters. The molecule has 2 heterocycles. The van der Waals surface area contributed by atoms with Crippen LogP contribution in [0.2, 0.25) is 0 Å². The van der Waals surface area contributed by atoms with Gasteiger partial charge in [-0.05, 0) is 28.1 Å². The Morgan fingerprint density at radius 2 is 2.38 bits per heavy atom. The van der Waals surface area contributed by atoms with E-state index in [0.717, 1.165) is 35.5 Å². The molecule has 0 radical (unpaired) electrons. The van der Waals surface area contributed by atoms with Gasteiger partial charge in [-0.25, -0.2) is 4.98 Å². The number of rotatable bonds is 5. The van der Waals surface area contributed by atoms with E-state index in [2.05, 4.69) is 30.6 Å². The normalized spacial score (nSPS) is 11.1. The Labute approximate surface area is 103 Å². The van der Waals surface area contributed by atoms with E-state index >= 15 is 0 Å². The molecule has 0 atom stereocenters. The molecule has 86 valence electrons. The van der Waals surface area contributed by atoms with Crippen molar-refractivity contribution in [3.05, 3.63) is 34.7 Å². The van der Waals surface area contributed by atoms with Crippen molar-refractivity contribution in [3.8, 4) is 0 Å². The zero-order valence-corrected chi connectivity index (χ0v) is 10.7. The second kappa shape index (κ2) is 5.43. The summed E-state index contributed by atoms with van der Waals surface area (Å²) in [6.45, 7) is 2.36. The van der Waals surface area contributed by atoms with Crippen LogP contribution in [0.1, 0.15) is 5.69 Å². The summed E-state index contributed by atoms with van der Waals surface area (Å²) in [5.74, 6) is 0. The molecule has 0 aliphatic rings. The second-order valence-electron chi connectivity index (χ2n) is 3.49. The molecular weight excluding hydrogens is 270 g/mol. The van der Waals surface area contributed by atoms with Gasteiger partial charge in [0.15, 0.2) is 0 Å². The predicted octanol–water partition coefficient (Wildman–Crippen LogP) is 1.83. The molecule has 0 spiro atoms. The third-order valence-electron chi connectivity index (χ3n) is 2.34. The molecule has 5 heteroatoms. The topological polar surface area (TPSA) is 38.6 Å². The SMILES string of the molecule is COCCNCc1cnc2ccc(Br)cn12. The third-order valence-corrected chi connectivity index (χ3v) is 2.80. The Balaban J connectivity index is 2.09. The van der Waals surface area contributed by atoms with Gasteiger partial charge in [-0.3, -0.25) is 0 Å². The van der Waals surface area contributed by atoms with Crippen molar-refractivity contribution >= 4 is 21.6 Å². The average Bonchev–Trinajstić information content (AvgIpc) is 2.67. The Morgan fingerprint density at radius 1 is 1.50 bits per heavy atom. The number of imidazole rings is 1. The van der Waals surface area contributed by atoms with Crippen molar-refractivity contribution in [3.63, 3.8) is 0 Å². The number of methoxy groups -OCH3 is 1. The zero-order chi connectivity index (χ0) is 11.4. The minimum Gasteiger partial charge on any atom is -0.383 e. The highest BCUT2D eigenvalue weighted by Gasteiger charge is 2.02. The van der Waals surface area contributed by atoms with E-state index in [1.165, 1.54) is 0 Å². The summed E-state index contributed by atoms with van der Waals surface area (Å²) >= 11 is 3.46. The summed E-state index contributed by atoms with van der Waals surface area (Å²) < 4.78 is 8.10. The molecule has 0 aromatic carbocycles. The number of fused-ring (bicyclic) bond motifs is 1. The number of ether oxygens (including phenoxy) is 1. The summed E-state index contributed by atoms with van der Waals surface area (Å²) in [6.07, 6.45) is 3.91. The van der Waals surface area contributed by atoms with E-state index in [-0.39, 0.29) is 0 Å². The van der Waals surface area contributed by atoms with E-state index in [9.17, 15) is 0 Å². The quantitative estimate of drug-likeness (QED) is 0.851. The van der Waals surface area contributed by atoms with Crippen LogP contribution >= 0.6 is 15.9 Å². The summed E-state index contributed by atoms with van der Waals surface area (Å²) in [4.78, 5) is 4.33. The van der Waals surface area contributed by atoms with Crippen LogP contribution in [0.3, 0.4) is 0 Å². The van der Waals surface area contributed by atoms with Crippen molar-refractivity contribution in [1.29, 1.82) is 0 Å². The van der Waals surface area contributed by atoms with E-state index in [4.69, 9.17) is 4.74 Å². The van der Waals surface area contributed by atoms with Crippen LogP contribution in [0.4, 0.5) is 0 Å². The maximum absolute atomic E-state index is 4.98. The summed E-state index contributed by atoms with van der Waals surface area (Å²) in [7, 11) is 1.70. The van der Waals surface area contributed by atoms with Crippen molar-refractivity contribution < 1.29 is 4.74 Å². The van der Waals surface area contributed by atoms with Crippen LogP contribution in [-0.4, -0.2) is 29.6 Å². The largest absolute Gasteiger partial charge is 0.383 e. The van der Waals surface area contributed by atoms with Crippen molar-refractivity contribution in [2.75, 3.05) is 20.3 Å². The Bertz CT molecular complexity index is 469. The average molecular weight is 284 g/mol. The van der Waals surface area contributed by atoms with Crippen molar-refractivity contribution in [2.24, 2.45) is 0 Å². The molecule has 0 saturated heterocycles. The van der Waals surface area contributed by atoms with Gasteiger partial charge in [0.05, 0.1) is 18.5 Å². The van der Waals surface area contributed by atoms with Gasteiger partial charge in [-0.15, -0.1) is 0 Å². The number of nitrogens with zero attached hydrogens (tertiary/aromatic N) is 2. The molecule has 16 heavy (non-hydrogen) atoms. The molecule has 0 aliphatic carbocycles. The number of hydrogen-bond acceptors (Lipinski definition) is 3. The van der Waals surface area contributed by atoms with Crippen molar-refractivity contribution in [1.82, 2.24) is 14.7 Å². The van der Waals surface area contributed by atoms with Gasteiger partial charge in [0.25, 0.3) is 0 Å². The van der Waals surface area contributed by atoms with Gasteiger partial charge in [-0.2, -0.15) is 0 Å². The minimum atomic E-state index is 0.723. The molecule has 0 saturated carbocycles. The molecule has 0 amide bonds. The maximum Gasteiger partial charge on any atom is 0.136 e. The maximum atomic E-state index is 4.98. The highest BCUT2D eigenvalue weighted by molar-refractivity contribution is 9.10. The van der Waals surface area contributed by atoms with Gasteiger partial charge in [-0.1, -0.05) is 0 Å². The first kappa shape index (κ1) is 11.6. The van der Waals surface area contributed by atoms with Gasteiger partial charge in [0.1, 0.15) is 5.65 Å². The fraction of sp³-hybridized carbons (Fsp3) is 0.364. The molecule has 0 bridgehead atoms. The van der Waals surface area contributed by atoms with E-state index < -0.39 is 0 Å². The fourth-order valence-electron chi connectivity index (χ4n) is 1.53. The van der Waals surface area contributed by atoms with Gasteiger partial charge < -0.3 is 14.5 Å². The lowest BCUT2D eigenvalue weighted by atomic mass is 10.4. The van der Waals surface area contributed by atoms with Crippen LogP contribution < -0.4 is 5.32 Å². The highest BCUT2D eigenvalue weighted by atomic mass is 79.9. The molecule has 2 aromatic heterocycles. The van der Waals surface area contributed by atoms with Crippen LogP contribution in [0.15, 0.2) is 29.0 Å². The first-order valence-electron chi connectivity index (χ1n) is 5.12. The summed E-state index contributed by atoms with van der Waals surface area (Å²) in [5.41, 5.74) is 2.11. The number of nitrogens with one attached hydrogen (secondary N) is 1. The zero-order valence-electron chi connectivity index (χ0n) is 9.11. The minimum absolute atomic E-state index is 0.723. The molecule has 1 N–H and O–H groups in total. The van der Waals surface area contributed by atoms with Crippen LogP contribution in [0.5, 0.6) is 0 Å². The fourth-order valence-corrected chi connectivity index (χ4v) is 1.86. The summed E-state index contributed by atoms with van der Waals surface area (Å²) in [6, 6.07) is 3.98. The van der Waals surface area contributed by atoms with Crippen LogP contribution in [-0.2, 0) is 11.3 Å². The van der Waals surface area contributed by atoms with Crippen LogP contribution in [0, 0.1) is 0 Å². The Kier molecular flexibility index (Phi) is 3.93. The Morgan fingerprint density at radius 3 is 3.19 bits per heavy atom. The molecule has 0 fully saturated rings. The first-order chi connectivity index (χ1) is 7.81. The van der Waals surface area contributed by atoms with Crippen molar-refractivity contribution in [2.45, 2.75) is 6.54 Å². The number of pyridine rings is 1. The third kappa shape index (κ3) is 2.61. The van der Waals surface area contributed by atoms with E-state index in [1.807, 2.05) is 24.5 Å². The molecule has 0 aliphatic heterocycles. The van der Waals surface area contributed by atoms with E-state index in [0.29, 0.717) is 0 Å². The molecule has 2 aromatic rings. The van der Waals surface area contributed by atoms with Gasteiger partial charge in [0.2, 0.25) is 0 Å². The Hall–Kier alpha value is -0.910.